The van der Waals surface area contributed by atoms with E-state index in [-0.39, 0.29) is 4.21 Å². The zero-order valence-electron chi connectivity index (χ0n) is 18.6. The topological polar surface area (TPSA) is 91.4 Å². The normalized spacial score (nSPS) is 15.7. The van der Waals surface area contributed by atoms with E-state index in [4.69, 9.17) is 0 Å². The number of anilines is 1. The molecule has 5 rings (SSSR count). The van der Waals surface area contributed by atoms with E-state index in [1.54, 1.807) is 12.3 Å². The number of nitrogens with zero attached hydrogens (tertiary/aromatic N) is 2. The number of fused-ring (bicyclic) bond motifs is 2. The lowest BCUT2D eigenvalue weighted by atomic mass is 9.97. The minimum Gasteiger partial charge on any atom is -0.306 e. The molecule has 3 heterocycles. The van der Waals surface area contributed by atoms with Gasteiger partial charge in [0.1, 0.15) is 4.21 Å². The predicted octanol–water partition coefficient (Wildman–Crippen LogP) is 4.11. The van der Waals surface area contributed by atoms with Crippen LogP contribution in [0.5, 0.6) is 0 Å². The third kappa shape index (κ3) is 4.40. The molecule has 0 saturated heterocycles. The second-order valence-corrected chi connectivity index (χ2v) is 11.8. The molecule has 0 bridgehead atoms. The summed E-state index contributed by atoms with van der Waals surface area (Å²) in [6.07, 6.45) is 5.37. The Labute approximate surface area is 197 Å². The third-order valence-electron chi connectivity index (χ3n) is 6.26. The highest BCUT2D eigenvalue weighted by Gasteiger charge is 2.26. The van der Waals surface area contributed by atoms with E-state index < -0.39 is 16.1 Å². The highest BCUT2D eigenvalue weighted by Crippen LogP contribution is 2.38. The van der Waals surface area contributed by atoms with Crippen molar-refractivity contribution < 1.29 is 13.2 Å². The van der Waals surface area contributed by atoms with E-state index in [1.165, 1.54) is 16.9 Å². The SMILES string of the molecule is Cc1cc(-c2ccc3c(c2NC(=O)NS(=O)(=O)c2cc4c(s2)CCN(C)C4)CCC3)ccn1. The van der Waals surface area contributed by atoms with Gasteiger partial charge >= 0.3 is 6.03 Å². The van der Waals surface area contributed by atoms with E-state index in [2.05, 4.69) is 26.0 Å². The van der Waals surface area contributed by atoms with Crippen molar-refractivity contribution in [3.05, 3.63) is 63.8 Å². The zero-order chi connectivity index (χ0) is 23.2. The fourth-order valence-corrected chi connectivity index (χ4v) is 7.10. The molecule has 3 aromatic rings. The van der Waals surface area contributed by atoms with Crippen LogP contribution in [0.4, 0.5) is 10.5 Å². The van der Waals surface area contributed by atoms with Crippen LogP contribution in [-0.2, 0) is 35.8 Å². The average Bonchev–Trinajstić information content (AvgIpc) is 3.40. The summed E-state index contributed by atoms with van der Waals surface area (Å²) < 4.78 is 28.4. The van der Waals surface area contributed by atoms with Crippen molar-refractivity contribution in [3.63, 3.8) is 0 Å². The first-order valence-electron chi connectivity index (χ1n) is 11.0. The first kappa shape index (κ1) is 22.1. The van der Waals surface area contributed by atoms with E-state index in [0.717, 1.165) is 71.6 Å². The number of rotatable bonds is 4. The van der Waals surface area contributed by atoms with Crippen LogP contribution >= 0.6 is 11.3 Å². The number of urea groups is 1. The molecule has 2 N–H and O–H groups in total. The van der Waals surface area contributed by atoms with Crippen LogP contribution in [0.15, 0.2) is 40.7 Å². The van der Waals surface area contributed by atoms with Crippen molar-refractivity contribution in [2.75, 3.05) is 18.9 Å². The first-order valence-corrected chi connectivity index (χ1v) is 13.3. The second-order valence-electron chi connectivity index (χ2n) is 8.73. The molecule has 1 aliphatic carbocycles. The fourth-order valence-electron chi connectivity index (χ4n) is 4.65. The Balaban J connectivity index is 1.43. The van der Waals surface area contributed by atoms with Gasteiger partial charge in [0.25, 0.3) is 10.0 Å². The van der Waals surface area contributed by atoms with Crippen LogP contribution in [0.1, 0.15) is 33.7 Å². The van der Waals surface area contributed by atoms with Crippen molar-refractivity contribution >= 4 is 33.1 Å². The van der Waals surface area contributed by atoms with E-state index >= 15 is 0 Å². The van der Waals surface area contributed by atoms with Gasteiger partial charge in [-0.3, -0.25) is 4.98 Å². The molecule has 2 amide bonds. The van der Waals surface area contributed by atoms with Gasteiger partial charge in [-0.1, -0.05) is 12.1 Å². The van der Waals surface area contributed by atoms with Gasteiger partial charge in [-0.15, -0.1) is 11.3 Å². The standard InChI is InChI=1S/C24H26N4O3S2/c1-15-12-17(8-10-25-15)20-7-6-16-4-3-5-19(16)23(20)26-24(29)27-33(30,31)22-13-18-14-28(2)11-9-21(18)32-22/h6-8,10,12-13H,3-5,9,11,14H2,1-2H3,(H2,26,27,29). The van der Waals surface area contributed by atoms with E-state index in [1.807, 2.05) is 32.2 Å². The number of hydrogen-bond acceptors (Lipinski definition) is 6. The minimum absolute atomic E-state index is 0.182. The summed E-state index contributed by atoms with van der Waals surface area (Å²) >= 11 is 1.25. The van der Waals surface area contributed by atoms with E-state index in [9.17, 15) is 13.2 Å². The fraction of sp³-hybridized carbons (Fsp3) is 0.333. The maximum absolute atomic E-state index is 13.0. The molecule has 172 valence electrons. The highest BCUT2D eigenvalue weighted by molar-refractivity contribution is 7.92. The Morgan fingerprint density at radius 1 is 1.12 bits per heavy atom. The summed E-state index contributed by atoms with van der Waals surface area (Å²) in [6, 6.07) is 8.90. The smallest absolute Gasteiger partial charge is 0.306 e. The molecular weight excluding hydrogens is 456 g/mol. The van der Waals surface area contributed by atoms with Crippen LogP contribution in [0.25, 0.3) is 11.1 Å². The molecule has 2 aromatic heterocycles. The molecule has 0 fully saturated rings. The van der Waals surface area contributed by atoms with Gasteiger partial charge in [0, 0.05) is 35.4 Å². The van der Waals surface area contributed by atoms with Crippen molar-refractivity contribution in [1.82, 2.24) is 14.6 Å². The van der Waals surface area contributed by atoms with E-state index in [0.29, 0.717) is 5.69 Å². The minimum atomic E-state index is -3.96. The van der Waals surface area contributed by atoms with Gasteiger partial charge in [0.15, 0.2) is 0 Å². The molecule has 0 saturated carbocycles. The first-order chi connectivity index (χ1) is 15.8. The number of thiophene rings is 1. The monoisotopic (exact) mass is 482 g/mol. The second kappa shape index (κ2) is 8.55. The quantitative estimate of drug-likeness (QED) is 0.584. The third-order valence-corrected chi connectivity index (χ3v) is 9.30. The lowest BCUT2D eigenvalue weighted by Gasteiger charge is -2.21. The Kier molecular flexibility index (Phi) is 5.72. The molecule has 0 unspecified atom stereocenters. The Morgan fingerprint density at radius 3 is 2.79 bits per heavy atom. The lowest BCUT2D eigenvalue weighted by molar-refractivity contribution is 0.256. The summed E-state index contributed by atoms with van der Waals surface area (Å²) in [7, 11) is -1.95. The van der Waals surface area contributed by atoms with Crippen LogP contribution in [0.2, 0.25) is 0 Å². The predicted molar refractivity (Wildman–Crippen MR) is 130 cm³/mol. The number of aryl methyl sites for hydroxylation is 2. The number of benzene rings is 1. The Morgan fingerprint density at radius 2 is 1.97 bits per heavy atom. The van der Waals surface area contributed by atoms with Gasteiger partial charge in [-0.2, -0.15) is 0 Å². The van der Waals surface area contributed by atoms with Crippen LogP contribution < -0.4 is 10.0 Å². The summed E-state index contributed by atoms with van der Waals surface area (Å²) in [5.41, 5.74) is 6.63. The molecule has 0 atom stereocenters. The maximum Gasteiger partial charge on any atom is 0.333 e. The van der Waals surface area contributed by atoms with Crippen molar-refractivity contribution in [1.29, 1.82) is 0 Å². The van der Waals surface area contributed by atoms with Crippen molar-refractivity contribution in [2.24, 2.45) is 0 Å². The van der Waals surface area contributed by atoms with Gasteiger partial charge < -0.3 is 10.2 Å². The van der Waals surface area contributed by atoms with Gasteiger partial charge in [-0.05, 0) is 80.1 Å². The van der Waals surface area contributed by atoms with Crippen LogP contribution in [-0.4, -0.2) is 37.9 Å². The van der Waals surface area contributed by atoms with Gasteiger partial charge in [0.2, 0.25) is 0 Å². The number of amides is 2. The number of aromatic nitrogens is 1. The zero-order valence-corrected chi connectivity index (χ0v) is 20.3. The number of carbonyl (C=O) groups is 1. The van der Waals surface area contributed by atoms with Crippen LogP contribution in [0.3, 0.4) is 0 Å². The molecule has 2 aliphatic rings. The number of carbonyl (C=O) groups excluding carboxylic acids is 1. The molecule has 0 radical (unpaired) electrons. The molecule has 0 spiro atoms. The summed E-state index contributed by atoms with van der Waals surface area (Å²) in [5, 5.41) is 2.87. The number of nitrogens with one attached hydrogen (secondary N) is 2. The largest absolute Gasteiger partial charge is 0.333 e. The molecule has 9 heteroatoms. The Hall–Kier alpha value is -2.75. The number of pyridine rings is 1. The molecule has 1 aromatic carbocycles. The summed E-state index contributed by atoms with van der Waals surface area (Å²) in [6.45, 7) is 3.54. The maximum atomic E-state index is 13.0. The van der Waals surface area contributed by atoms with Crippen molar-refractivity contribution in [2.45, 2.75) is 43.4 Å². The lowest BCUT2D eigenvalue weighted by Crippen LogP contribution is -2.34. The highest BCUT2D eigenvalue weighted by atomic mass is 32.2. The molecular formula is C24H26N4O3S2. The number of sulfonamides is 1. The Bertz CT molecular complexity index is 1350. The number of hydrogen-bond donors (Lipinski definition) is 2. The van der Waals surface area contributed by atoms with Crippen molar-refractivity contribution in [3.8, 4) is 11.1 Å². The number of likely N-dealkylation sites (N-methyl/N-ethyl adjacent to an activating group) is 1. The molecule has 1 aliphatic heterocycles. The average molecular weight is 483 g/mol. The van der Waals surface area contributed by atoms with Crippen LogP contribution in [0, 0.1) is 6.92 Å². The summed E-state index contributed by atoms with van der Waals surface area (Å²) in [4.78, 5) is 20.4. The molecule has 7 nitrogen and oxygen atoms in total. The summed E-state index contributed by atoms with van der Waals surface area (Å²) in [5.74, 6) is 0. The van der Waals surface area contributed by atoms with Gasteiger partial charge in [0.05, 0.1) is 5.69 Å². The van der Waals surface area contributed by atoms with Gasteiger partial charge in [-0.25, -0.2) is 17.9 Å². The molecule has 33 heavy (non-hydrogen) atoms.